The number of hydrogen-bond acceptors (Lipinski definition) is 5. The number of anilines is 1. The predicted octanol–water partition coefficient (Wildman–Crippen LogP) is 1.87. The van der Waals surface area contributed by atoms with E-state index in [1.54, 1.807) is 19.2 Å². The normalized spacial score (nSPS) is 10.5. The molecule has 1 aromatic carbocycles. The Hall–Kier alpha value is -2.15. The fourth-order valence-electron chi connectivity index (χ4n) is 2.10. The first-order valence-corrected chi connectivity index (χ1v) is 6.81. The fraction of sp³-hybridized carbons (Fsp3) is 0.500. The van der Waals surface area contributed by atoms with E-state index >= 15 is 0 Å². The van der Waals surface area contributed by atoms with Gasteiger partial charge < -0.3 is 15.3 Å². The summed E-state index contributed by atoms with van der Waals surface area (Å²) >= 11 is 0. The number of nitro benzene ring substituents is 1. The number of para-hydroxylation sites is 1. The van der Waals surface area contributed by atoms with Gasteiger partial charge in [0.2, 0.25) is 0 Å². The quantitative estimate of drug-likeness (QED) is 0.591. The zero-order valence-electron chi connectivity index (χ0n) is 12.5. The highest BCUT2D eigenvalue weighted by Gasteiger charge is 2.28. The number of rotatable bonds is 7. The first-order valence-electron chi connectivity index (χ1n) is 6.81. The van der Waals surface area contributed by atoms with E-state index in [2.05, 4.69) is 5.32 Å². The van der Waals surface area contributed by atoms with Gasteiger partial charge in [-0.15, -0.1) is 0 Å². The van der Waals surface area contributed by atoms with Gasteiger partial charge in [-0.2, -0.15) is 0 Å². The van der Waals surface area contributed by atoms with Gasteiger partial charge in [0.15, 0.2) is 0 Å². The summed E-state index contributed by atoms with van der Waals surface area (Å²) in [7, 11) is 1.57. The SMILES string of the molecule is CNc1cccc(C(=O)N(CCCO)C(C)C)c1[N+](=O)[O-]. The summed E-state index contributed by atoms with van der Waals surface area (Å²) in [4.78, 5) is 24.8. The molecule has 0 atom stereocenters. The minimum atomic E-state index is -0.552. The fourth-order valence-corrected chi connectivity index (χ4v) is 2.10. The third kappa shape index (κ3) is 3.91. The minimum Gasteiger partial charge on any atom is -0.396 e. The molecule has 1 rings (SSSR count). The molecule has 21 heavy (non-hydrogen) atoms. The van der Waals surface area contributed by atoms with Crippen molar-refractivity contribution < 1.29 is 14.8 Å². The van der Waals surface area contributed by atoms with E-state index in [1.807, 2.05) is 13.8 Å². The van der Waals surface area contributed by atoms with Gasteiger partial charge >= 0.3 is 5.69 Å². The molecule has 0 saturated heterocycles. The Morgan fingerprint density at radius 1 is 1.48 bits per heavy atom. The molecule has 0 unspecified atom stereocenters. The van der Waals surface area contributed by atoms with Gasteiger partial charge in [-0.25, -0.2) is 0 Å². The van der Waals surface area contributed by atoms with Crippen LogP contribution in [0, 0.1) is 10.1 Å². The summed E-state index contributed by atoms with van der Waals surface area (Å²) < 4.78 is 0. The number of aliphatic hydroxyl groups is 1. The third-order valence-electron chi connectivity index (χ3n) is 3.16. The maximum absolute atomic E-state index is 12.6. The van der Waals surface area contributed by atoms with Crippen LogP contribution in [0.15, 0.2) is 18.2 Å². The minimum absolute atomic E-state index is 0.0326. The number of nitrogens with one attached hydrogen (secondary N) is 1. The maximum atomic E-state index is 12.6. The van der Waals surface area contributed by atoms with Gasteiger partial charge in [0.1, 0.15) is 11.3 Å². The molecule has 0 aromatic heterocycles. The third-order valence-corrected chi connectivity index (χ3v) is 3.16. The van der Waals surface area contributed by atoms with Crippen LogP contribution in [0.3, 0.4) is 0 Å². The van der Waals surface area contributed by atoms with Gasteiger partial charge in [-0.05, 0) is 32.4 Å². The summed E-state index contributed by atoms with van der Waals surface area (Å²) in [5.41, 5.74) is 0.134. The van der Waals surface area contributed by atoms with Gasteiger partial charge in [0, 0.05) is 26.2 Å². The van der Waals surface area contributed by atoms with Gasteiger partial charge in [-0.3, -0.25) is 14.9 Å². The van der Waals surface area contributed by atoms with Crippen LogP contribution in [-0.4, -0.2) is 47.1 Å². The molecule has 0 radical (unpaired) electrons. The predicted molar refractivity (Wildman–Crippen MR) is 80.5 cm³/mol. The maximum Gasteiger partial charge on any atom is 0.305 e. The van der Waals surface area contributed by atoms with Crippen LogP contribution in [0.25, 0.3) is 0 Å². The molecule has 0 aliphatic heterocycles. The monoisotopic (exact) mass is 295 g/mol. The van der Waals surface area contributed by atoms with Crippen molar-refractivity contribution in [2.24, 2.45) is 0 Å². The second kappa shape index (κ2) is 7.58. The Bertz CT molecular complexity index is 517. The molecule has 7 heteroatoms. The lowest BCUT2D eigenvalue weighted by atomic mass is 10.1. The zero-order chi connectivity index (χ0) is 16.0. The molecule has 7 nitrogen and oxygen atoms in total. The smallest absolute Gasteiger partial charge is 0.305 e. The van der Waals surface area contributed by atoms with Crippen LogP contribution < -0.4 is 5.32 Å². The highest BCUT2D eigenvalue weighted by atomic mass is 16.6. The first kappa shape index (κ1) is 16.9. The number of nitro groups is 1. The van der Waals surface area contributed by atoms with Gasteiger partial charge in [-0.1, -0.05) is 6.07 Å². The summed E-state index contributed by atoms with van der Waals surface area (Å²) in [6.45, 7) is 4.00. The average molecular weight is 295 g/mol. The van der Waals surface area contributed by atoms with Crippen molar-refractivity contribution in [2.75, 3.05) is 25.5 Å². The second-order valence-electron chi connectivity index (χ2n) is 4.88. The molecule has 0 bridgehead atoms. The molecule has 0 saturated carbocycles. The Labute approximate surface area is 123 Å². The van der Waals surface area contributed by atoms with Crippen molar-refractivity contribution >= 4 is 17.3 Å². The molecule has 2 N–H and O–H groups in total. The number of hydrogen-bond donors (Lipinski definition) is 2. The number of carbonyl (C=O) groups excluding carboxylic acids is 1. The van der Waals surface area contributed by atoms with Crippen LogP contribution in [0.4, 0.5) is 11.4 Å². The van der Waals surface area contributed by atoms with Crippen LogP contribution in [0.1, 0.15) is 30.6 Å². The van der Waals surface area contributed by atoms with E-state index in [4.69, 9.17) is 5.11 Å². The summed E-state index contributed by atoms with van der Waals surface area (Å²) in [5.74, 6) is -0.401. The molecular weight excluding hydrogens is 274 g/mol. The van der Waals surface area contributed by atoms with E-state index < -0.39 is 10.8 Å². The molecule has 0 spiro atoms. The topological polar surface area (TPSA) is 95.7 Å². The van der Waals surface area contributed by atoms with Crippen molar-refractivity contribution in [1.29, 1.82) is 0 Å². The Balaban J connectivity index is 3.24. The summed E-state index contributed by atoms with van der Waals surface area (Å²) in [6, 6.07) is 4.51. The number of nitrogens with zero attached hydrogens (tertiary/aromatic N) is 2. The number of aliphatic hydroxyl groups excluding tert-OH is 1. The van der Waals surface area contributed by atoms with Crippen molar-refractivity contribution in [3.8, 4) is 0 Å². The van der Waals surface area contributed by atoms with Crippen LogP contribution in [-0.2, 0) is 0 Å². The van der Waals surface area contributed by atoms with Gasteiger partial charge in [0.25, 0.3) is 5.91 Å². The Kier molecular flexibility index (Phi) is 6.10. The van der Waals surface area contributed by atoms with Crippen LogP contribution >= 0.6 is 0 Å². The lowest BCUT2D eigenvalue weighted by molar-refractivity contribution is -0.384. The van der Waals surface area contributed by atoms with Gasteiger partial charge in [0.05, 0.1) is 4.92 Å². The standard InChI is InChI=1S/C14H21N3O4/c1-10(2)16(8-5-9-18)14(19)11-6-4-7-12(15-3)13(11)17(20)21/h4,6-7,10,15,18H,5,8-9H2,1-3H3. The number of benzene rings is 1. The first-order chi connectivity index (χ1) is 9.93. The Morgan fingerprint density at radius 3 is 2.62 bits per heavy atom. The molecule has 0 aliphatic rings. The van der Waals surface area contributed by atoms with E-state index in [1.165, 1.54) is 11.0 Å². The summed E-state index contributed by atoms with van der Waals surface area (Å²) in [5, 5.41) is 22.9. The molecule has 1 aromatic rings. The summed E-state index contributed by atoms with van der Waals surface area (Å²) in [6.07, 6.45) is 0.434. The van der Waals surface area contributed by atoms with Crippen molar-refractivity contribution in [1.82, 2.24) is 4.90 Å². The lowest BCUT2D eigenvalue weighted by Gasteiger charge is -2.26. The van der Waals surface area contributed by atoms with Crippen molar-refractivity contribution in [2.45, 2.75) is 26.3 Å². The second-order valence-corrected chi connectivity index (χ2v) is 4.88. The average Bonchev–Trinajstić information content (AvgIpc) is 2.45. The lowest BCUT2D eigenvalue weighted by Crippen LogP contribution is -2.38. The number of amides is 1. The van der Waals surface area contributed by atoms with Crippen molar-refractivity contribution in [3.05, 3.63) is 33.9 Å². The highest BCUT2D eigenvalue weighted by Crippen LogP contribution is 2.29. The van der Waals surface area contributed by atoms with Crippen molar-refractivity contribution in [3.63, 3.8) is 0 Å². The molecule has 0 fully saturated rings. The Morgan fingerprint density at radius 2 is 2.14 bits per heavy atom. The van der Waals surface area contributed by atoms with E-state index in [0.29, 0.717) is 18.7 Å². The van der Waals surface area contributed by atoms with E-state index in [0.717, 1.165) is 0 Å². The van der Waals surface area contributed by atoms with E-state index in [-0.39, 0.29) is 23.9 Å². The largest absolute Gasteiger partial charge is 0.396 e. The zero-order valence-corrected chi connectivity index (χ0v) is 12.5. The van der Waals surface area contributed by atoms with E-state index in [9.17, 15) is 14.9 Å². The molecule has 1 amide bonds. The highest BCUT2D eigenvalue weighted by molar-refractivity contribution is 6.00. The molecular formula is C14H21N3O4. The van der Waals surface area contributed by atoms with Crippen LogP contribution in [0.5, 0.6) is 0 Å². The molecule has 0 heterocycles. The molecule has 116 valence electrons. The van der Waals surface area contributed by atoms with Crippen LogP contribution in [0.2, 0.25) is 0 Å². The molecule has 0 aliphatic carbocycles. The number of carbonyl (C=O) groups is 1.